The summed E-state index contributed by atoms with van der Waals surface area (Å²) < 4.78 is 0. The molecule has 4 nitrogen and oxygen atoms in total. The van der Waals surface area contributed by atoms with E-state index in [0.29, 0.717) is 36.1 Å². The monoisotopic (exact) mass is 2610 g/mol. The Balaban J connectivity index is 0.000000463. The van der Waals surface area contributed by atoms with E-state index in [1.165, 1.54) is 225 Å². The van der Waals surface area contributed by atoms with Crippen molar-refractivity contribution in [2.75, 3.05) is 13.1 Å². The predicted octanol–water partition coefficient (Wildman–Crippen LogP) is 49.0. The van der Waals surface area contributed by atoms with E-state index in [4.69, 9.17) is 0 Å². The number of amides is 2. The van der Waals surface area contributed by atoms with E-state index in [0.717, 1.165) is 111 Å². The van der Waals surface area contributed by atoms with Crippen LogP contribution in [0.15, 0.2) is 181 Å². The van der Waals surface area contributed by atoms with Crippen molar-refractivity contribution in [3.63, 3.8) is 0 Å². The molecule has 0 N–H and O–H groups in total. The molecule has 4 aliphatic rings. The molecule has 2 amide bonds. The van der Waals surface area contributed by atoms with Crippen LogP contribution in [0, 0.1) is 25.7 Å². The molecule has 0 saturated carbocycles. The molecule has 8 heterocycles. The summed E-state index contributed by atoms with van der Waals surface area (Å²) >= 11 is 11.1. The minimum absolute atomic E-state index is 0.0241. The minimum Gasteiger partial charge on any atom is -0.306 e. The van der Waals surface area contributed by atoms with E-state index in [-0.39, 0.29) is 110 Å². The highest BCUT2D eigenvalue weighted by molar-refractivity contribution is 9.44. The van der Waals surface area contributed by atoms with Gasteiger partial charge in [-0.15, -0.1) is 211 Å². The van der Waals surface area contributed by atoms with Crippen LogP contribution >= 0.6 is 317 Å². The van der Waals surface area contributed by atoms with Gasteiger partial charge in [0, 0.05) is 61.9 Å². The fourth-order valence-electron chi connectivity index (χ4n) is 20.8. The summed E-state index contributed by atoms with van der Waals surface area (Å²) in [4.78, 5) is 50.6. The Hall–Kier alpha value is 6.05. The van der Waals surface area contributed by atoms with Crippen molar-refractivity contribution in [2.24, 2.45) is 11.8 Å². The second kappa shape index (κ2) is 61.4. The van der Waals surface area contributed by atoms with Gasteiger partial charge in [0.1, 0.15) is 0 Å². The molecule has 145 heavy (non-hydrogen) atoms. The fourth-order valence-corrected chi connectivity index (χ4v) is 435. The molecular weight excluding hydrogens is 2460 g/mol. The maximum absolute atomic E-state index is 16.0. The van der Waals surface area contributed by atoms with Gasteiger partial charge in [-0.3, -0.25) is 9.59 Å². The van der Waals surface area contributed by atoms with Crippen LogP contribution in [0.3, 0.4) is 0 Å². The highest BCUT2D eigenvalue weighted by atomic mass is 33.5. The lowest BCUT2D eigenvalue weighted by Crippen LogP contribution is -2.34. The Kier molecular flexibility index (Phi) is 53.5. The van der Waals surface area contributed by atoms with Crippen LogP contribution < -0.4 is 0 Å². The van der Waals surface area contributed by atoms with Gasteiger partial charge in [0.25, 0.3) is 11.8 Å². The number of thiophene rings is 6. The van der Waals surface area contributed by atoms with Crippen LogP contribution in [-0.2, 0) is 46.1 Å². The molecule has 0 bridgehead atoms. The number of fused-ring (bicyclic) bond motifs is 7. The Bertz CT molecular complexity index is 5980. The van der Waals surface area contributed by atoms with E-state index >= 15 is 9.59 Å². The topological polar surface area (TPSA) is 40.6 Å². The van der Waals surface area contributed by atoms with Gasteiger partial charge in [0.2, 0.25) is 0 Å². The lowest BCUT2D eigenvalue weighted by atomic mass is 9.65. The molecule has 2 aliphatic carbocycles. The van der Waals surface area contributed by atoms with Crippen LogP contribution in [0.5, 0.6) is 0 Å². The normalized spacial score (nSPS) is 15.5. The third kappa shape index (κ3) is 29.8. The first-order valence-corrected chi connectivity index (χ1v) is 112. The zero-order valence-corrected chi connectivity index (χ0v) is 123. The lowest BCUT2D eigenvalue weighted by molar-refractivity contribution is -0.124. The van der Waals surface area contributed by atoms with E-state index in [1.54, 1.807) is 34.0 Å². The molecule has 0 fully saturated rings. The van der Waals surface area contributed by atoms with Gasteiger partial charge >= 0.3 is 0 Å². The van der Waals surface area contributed by atoms with Gasteiger partial charge in [-0.1, -0.05) is 276 Å². The van der Waals surface area contributed by atoms with Crippen molar-refractivity contribution in [2.45, 2.75) is 260 Å². The van der Waals surface area contributed by atoms with Crippen molar-refractivity contribution in [3.8, 4) is 50.1 Å². The summed E-state index contributed by atoms with van der Waals surface area (Å²) in [6.45, 7) is 23.9. The van der Waals surface area contributed by atoms with Crippen LogP contribution in [0.4, 0.5) is 0 Å². The first kappa shape index (κ1) is 126. The van der Waals surface area contributed by atoms with E-state index in [9.17, 15) is 0 Å². The number of aryl methyl sites for hydroxylation is 6. The standard InChI is InChI=1S/C104H120N2O2S6.H33P31/c1-11-19-25-29-35-73-40-48-77(49-41-73)103(78-50-42-74(43-51-78)36-30-26-20-12-2)83-65-82-84(64-81(83)99-85(103)63-70(10)110-99)104(79-52-44-75(45-53-79)37-31-27-21-13-3,80-54-46-76(47-55-80)38-32-28-22-14-4)86-66-94(114-100(82)86)91-58-57-89(111-91)90-60-62-93(113-90)98-96-95(101(107)106(98)68-72(18-8)34-24-16-6)97(105(102(96)108)67-71(17-7)33-23-15-5)92-61-59-88(112-92)87-56-39-69(9)109-87;1-17-25(16)29(24(14)15)31(28(22(10)11)23(12)13)30(26(18(2)3)19(4)5)27(20(6)7)21(8)9/h39-66,71-72H,11-38,67-68H2,1-10H3;17H,1-16H2. The highest BCUT2D eigenvalue weighted by Gasteiger charge is 2.56. The predicted molar refractivity (Wildman–Crippen MR) is 756 cm³/mol. The molecule has 0 radical (unpaired) electrons. The minimum atomic E-state index is -0.635. The van der Waals surface area contributed by atoms with Crippen molar-refractivity contribution >= 4 is 340 Å². The Morgan fingerprint density at radius 3 is 0.903 bits per heavy atom. The number of benzene rings is 5. The van der Waals surface area contributed by atoms with Gasteiger partial charge < -0.3 is 9.80 Å². The van der Waals surface area contributed by atoms with Gasteiger partial charge in [-0.25, -0.2) is 0 Å². The highest BCUT2D eigenvalue weighted by Crippen LogP contribution is 3.39. The molecule has 11 aromatic rings. The molecule has 22 atom stereocenters. The number of nitrogens with zero attached hydrogens (tertiary/aromatic N) is 2. The average molecular weight is 2620 g/mol. The van der Waals surface area contributed by atoms with Crippen LogP contribution in [0.25, 0.3) is 61.5 Å². The van der Waals surface area contributed by atoms with Crippen LogP contribution in [0.1, 0.15) is 296 Å². The summed E-state index contributed by atoms with van der Waals surface area (Å²) in [7, 11) is 53.9. The molecule has 782 valence electrons. The van der Waals surface area contributed by atoms with Gasteiger partial charge in [-0.2, -0.15) is 0 Å². The number of carbonyl (C=O) groups excluding carboxylic acids is 2. The second-order valence-corrected chi connectivity index (χ2v) is 168. The summed E-state index contributed by atoms with van der Waals surface area (Å²) in [5.41, 5.74) is 20.9. The Morgan fingerprint density at radius 2 is 0.593 bits per heavy atom. The first-order chi connectivity index (χ1) is 69.9. The van der Waals surface area contributed by atoms with E-state index in [1.807, 2.05) is 38.9 Å². The number of unbranched alkanes of at least 4 members (excludes halogenated alkanes) is 14. The molecule has 15 rings (SSSR count). The smallest absolute Gasteiger partial charge is 0.261 e. The number of hydrogen-bond donors (Lipinski definition) is 0. The van der Waals surface area contributed by atoms with Crippen molar-refractivity contribution < 1.29 is 9.59 Å². The van der Waals surface area contributed by atoms with Gasteiger partial charge in [0.15, 0.2) is 0 Å². The maximum Gasteiger partial charge on any atom is 0.261 e. The molecule has 0 spiro atoms. The lowest BCUT2D eigenvalue weighted by Gasteiger charge is -2.52. The summed E-state index contributed by atoms with van der Waals surface area (Å²) in [5.74, 6) is 0.569. The average Bonchev–Trinajstić information content (AvgIpc) is 1.50. The quantitative estimate of drug-likeness (QED) is 0.0282. The molecule has 2 aliphatic heterocycles. The first-order valence-electron chi connectivity index (χ1n) is 51.1. The molecule has 5 aromatic carbocycles. The molecule has 0 saturated heterocycles. The number of hydrogen-bond acceptors (Lipinski definition) is 8. The third-order valence-corrected chi connectivity index (χ3v) is 241. The molecule has 41 heteroatoms. The van der Waals surface area contributed by atoms with Gasteiger partial charge in [0.05, 0.1) is 43.1 Å². The molecule has 22 unspecified atom stereocenters. The summed E-state index contributed by atoms with van der Waals surface area (Å²) in [6.07, 6.45) is 32.8. The van der Waals surface area contributed by atoms with Crippen molar-refractivity contribution in [3.05, 3.63) is 267 Å². The van der Waals surface area contributed by atoms with Crippen LogP contribution in [-0.4, -0.2) is 34.7 Å². The van der Waals surface area contributed by atoms with Crippen molar-refractivity contribution in [1.82, 2.24) is 9.80 Å². The number of rotatable bonds is 55. The zero-order valence-electron chi connectivity index (χ0n) is 85.7. The third-order valence-electron chi connectivity index (χ3n) is 28.1. The SMILES string of the molecule is CCCCCCc1ccc(C2(c3ccc(CCCCCC)cc3)c3cc4c(cc3-c3sc(C)cc32)C(c2ccc(CCCCCC)cc2)(c2ccc(CCCCCC)cc2)c2cc(-c3ccc(-c5ccc(C6=C7C(=O)N(CC(CC)CCCC)C(c8ccc(-c9ccc(C)s9)s8)=C7C(=O)N6CC(CC)CCCC)s5)s3)sc2-4)cc1.PPP(P)P(P(P)P)P(P(P(P)P)P(P)P)P(P(P(P)P)P(P)P)P(P(P)P)P(P)P. The van der Waals surface area contributed by atoms with E-state index in [2.05, 4.69) is 387 Å². The largest absolute Gasteiger partial charge is 0.306 e. The Labute approximate surface area is 951 Å². The van der Waals surface area contributed by atoms with Crippen LogP contribution in [0.2, 0.25) is 0 Å². The Morgan fingerprint density at radius 1 is 0.297 bits per heavy atom. The summed E-state index contributed by atoms with van der Waals surface area (Å²) in [6, 6.07) is 68.5. The zero-order chi connectivity index (χ0) is 104. The van der Waals surface area contributed by atoms with Gasteiger partial charge in [-0.05, 0) is 338 Å². The van der Waals surface area contributed by atoms with Crippen molar-refractivity contribution in [1.29, 1.82) is 0 Å². The second-order valence-electron chi connectivity index (χ2n) is 38.2. The maximum atomic E-state index is 16.0. The summed E-state index contributed by atoms with van der Waals surface area (Å²) in [5, 5.41) is 0. The molecule has 6 aromatic heterocycles. The number of carbonyl (C=O) groups is 2. The fraction of sp³-hybridized carbons (Fsp3) is 0.423. The molecular formula is C104H153N2O2P31S6. The van der Waals surface area contributed by atoms with E-state index < -0.39 is 10.8 Å².